The number of nitrogen functional groups attached to an aromatic ring is 1. The Morgan fingerprint density at radius 1 is 1.08 bits per heavy atom. The fraction of sp³-hybridized carbons (Fsp3) is 0.0526. The van der Waals surface area contributed by atoms with Crippen LogP contribution in [0.15, 0.2) is 65.5 Å². The van der Waals surface area contributed by atoms with E-state index in [1.54, 1.807) is 42.5 Å². The number of hydrogen-bond acceptors (Lipinski definition) is 4. The van der Waals surface area contributed by atoms with E-state index < -0.39 is 0 Å². The number of carbonyl (C=O) groups is 1. The lowest BCUT2D eigenvalue weighted by atomic mass is 10.0. The quantitative estimate of drug-likeness (QED) is 0.729. The number of ether oxygens (including phenoxy) is 1. The molecule has 0 unspecified atom stereocenters. The van der Waals surface area contributed by atoms with Crippen molar-refractivity contribution in [2.24, 2.45) is 0 Å². The number of halogens is 1. The Labute approximate surface area is 149 Å². The van der Waals surface area contributed by atoms with Crippen molar-refractivity contribution in [1.82, 2.24) is 4.57 Å². The first kappa shape index (κ1) is 16.8. The van der Waals surface area contributed by atoms with Crippen LogP contribution >= 0.6 is 11.6 Å². The number of nitrogens with two attached hydrogens (primary N) is 1. The average molecular weight is 355 g/mol. The summed E-state index contributed by atoms with van der Waals surface area (Å²) >= 11 is 6.13. The Hall–Kier alpha value is -3.05. The van der Waals surface area contributed by atoms with Crippen molar-refractivity contribution in [3.8, 4) is 11.4 Å². The maximum Gasteiger partial charge on any atom is 0.256 e. The number of rotatable bonds is 4. The molecule has 0 aliphatic carbocycles. The van der Waals surface area contributed by atoms with Crippen LogP contribution in [-0.2, 0) is 0 Å². The highest BCUT2D eigenvalue weighted by Gasteiger charge is 2.17. The monoisotopic (exact) mass is 354 g/mol. The molecule has 0 spiro atoms. The van der Waals surface area contributed by atoms with E-state index in [0.717, 1.165) is 0 Å². The number of ketones is 1. The Balaban J connectivity index is 2.14. The highest BCUT2D eigenvalue weighted by atomic mass is 35.5. The summed E-state index contributed by atoms with van der Waals surface area (Å²) in [7, 11) is 1.50. The minimum absolute atomic E-state index is 0.0580. The minimum Gasteiger partial charge on any atom is -0.495 e. The van der Waals surface area contributed by atoms with Gasteiger partial charge in [0, 0.05) is 11.6 Å². The molecule has 0 aliphatic heterocycles. The molecule has 3 rings (SSSR count). The molecule has 2 aromatic carbocycles. The molecule has 126 valence electrons. The van der Waals surface area contributed by atoms with E-state index in [0.29, 0.717) is 22.0 Å². The molecule has 0 saturated heterocycles. The van der Waals surface area contributed by atoms with Crippen LogP contribution < -0.4 is 16.0 Å². The zero-order chi connectivity index (χ0) is 18.0. The second-order valence-corrected chi connectivity index (χ2v) is 5.73. The van der Waals surface area contributed by atoms with Gasteiger partial charge in [0.25, 0.3) is 5.56 Å². The Bertz CT molecular complexity index is 997. The summed E-state index contributed by atoms with van der Waals surface area (Å²) in [5, 5.41) is 0.339. The fourth-order valence-corrected chi connectivity index (χ4v) is 2.80. The lowest BCUT2D eigenvalue weighted by Gasteiger charge is -2.14. The van der Waals surface area contributed by atoms with Crippen LogP contribution in [0.5, 0.6) is 5.75 Å². The molecule has 6 heteroatoms. The van der Waals surface area contributed by atoms with Crippen LogP contribution in [0.1, 0.15) is 15.9 Å². The van der Waals surface area contributed by atoms with E-state index in [-0.39, 0.29) is 22.7 Å². The topological polar surface area (TPSA) is 74.3 Å². The maximum atomic E-state index is 12.7. The van der Waals surface area contributed by atoms with Crippen LogP contribution in [0.2, 0.25) is 5.02 Å². The van der Waals surface area contributed by atoms with Gasteiger partial charge in [0.2, 0.25) is 0 Å². The molecule has 3 aromatic rings. The van der Waals surface area contributed by atoms with Crippen molar-refractivity contribution < 1.29 is 9.53 Å². The van der Waals surface area contributed by atoms with E-state index in [1.807, 2.05) is 6.07 Å². The molecule has 1 aromatic heterocycles. The molecule has 0 radical (unpaired) electrons. The molecule has 0 saturated carbocycles. The zero-order valence-electron chi connectivity index (χ0n) is 13.4. The highest BCUT2D eigenvalue weighted by Crippen LogP contribution is 2.27. The van der Waals surface area contributed by atoms with Gasteiger partial charge < -0.3 is 10.5 Å². The predicted octanol–water partition coefficient (Wildman–Crippen LogP) is 3.31. The molecule has 0 amide bonds. The number of anilines is 1. The third kappa shape index (κ3) is 3.14. The van der Waals surface area contributed by atoms with E-state index in [1.165, 1.54) is 23.8 Å². The zero-order valence-corrected chi connectivity index (χ0v) is 14.2. The molecule has 0 fully saturated rings. The molecule has 0 atom stereocenters. The normalized spacial score (nSPS) is 10.5. The number of carbonyl (C=O) groups excluding carboxylic acids is 1. The van der Waals surface area contributed by atoms with Crippen LogP contribution in [0.25, 0.3) is 5.69 Å². The fourth-order valence-electron chi connectivity index (χ4n) is 2.55. The number of pyridine rings is 1. The summed E-state index contributed by atoms with van der Waals surface area (Å²) in [5.41, 5.74) is 6.98. The van der Waals surface area contributed by atoms with Gasteiger partial charge in [-0.2, -0.15) is 0 Å². The van der Waals surface area contributed by atoms with Crippen LogP contribution in [0.3, 0.4) is 0 Å². The number of benzene rings is 2. The van der Waals surface area contributed by atoms with Crippen molar-refractivity contribution in [1.29, 1.82) is 0 Å². The van der Waals surface area contributed by atoms with Crippen LogP contribution in [0, 0.1) is 0 Å². The molecular formula is C19H15ClN2O3. The lowest BCUT2D eigenvalue weighted by molar-refractivity contribution is 0.103. The van der Waals surface area contributed by atoms with Gasteiger partial charge in [0.1, 0.15) is 11.6 Å². The van der Waals surface area contributed by atoms with E-state index in [2.05, 4.69) is 0 Å². The van der Waals surface area contributed by atoms with Crippen molar-refractivity contribution >= 4 is 23.2 Å². The molecule has 5 nitrogen and oxygen atoms in total. The Morgan fingerprint density at radius 3 is 2.44 bits per heavy atom. The number of aromatic nitrogens is 1. The van der Waals surface area contributed by atoms with Crippen molar-refractivity contribution in [3.05, 3.63) is 87.2 Å². The summed E-state index contributed by atoms with van der Waals surface area (Å²) < 4.78 is 6.36. The van der Waals surface area contributed by atoms with Crippen LogP contribution in [0.4, 0.5) is 5.82 Å². The second kappa shape index (κ2) is 6.83. The van der Waals surface area contributed by atoms with Gasteiger partial charge in [-0.1, -0.05) is 41.9 Å². The molecule has 2 N–H and O–H groups in total. The standard InChI is InChI=1S/C19H15ClN2O3/c1-25-16-9-7-13(11-15(16)20)22-17(23)10-8-14(19(22)21)18(24)12-5-3-2-4-6-12/h2-11H,21H2,1H3. The lowest BCUT2D eigenvalue weighted by Crippen LogP contribution is -2.23. The smallest absolute Gasteiger partial charge is 0.256 e. The van der Waals surface area contributed by atoms with Gasteiger partial charge >= 0.3 is 0 Å². The SMILES string of the molecule is COc1ccc(-n2c(N)c(C(=O)c3ccccc3)ccc2=O)cc1Cl. The third-order valence-corrected chi connectivity index (χ3v) is 4.10. The summed E-state index contributed by atoms with van der Waals surface area (Å²) in [6.07, 6.45) is 0. The van der Waals surface area contributed by atoms with Crippen molar-refractivity contribution in [2.75, 3.05) is 12.8 Å². The Morgan fingerprint density at radius 2 is 1.80 bits per heavy atom. The molecular weight excluding hydrogens is 340 g/mol. The maximum absolute atomic E-state index is 12.7. The number of nitrogens with zero attached hydrogens (tertiary/aromatic N) is 1. The van der Waals surface area contributed by atoms with E-state index >= 15 is 0 Å². The molecule has 1 heterocycles. The number of methoxy groups -OCH3 is 1. The molecule has 0 aliphatic rings. The van der Waals surface area contributed by atoms with Gasteiger partial charge in [-0.3, -0.25) is 14.2 Å². The first-order chi connectivity index (χ1) is 12.0. The summed E-state index contributed by atoms with van der Waals surface area (Å²) in [4.78, 5) is 25.0. The summed E-state index contributed by atoms with van der Waals surface area (Å²) in [6, 6.07) is 16.3. The number of hydrogen-bond donors (Lipinski definition) is 1. The van der Waals surface area contributed by atoms with E-state index in [4.69, 9.17) is 22.1 Å². The molecule has 0 bridgehead atoms. The van der Waals surface area contributed by atoms with E-state index in [9.17, 15) is 9.59 Å². The first-order valence-electron chi connectivity index (χ1n) is 7.48. The summed E-state index contributed by atoms with van der Waals surface area (Å²) in [6.45, 7) is 0. The predicted molar refractivity (Wildman–Crippen MR) is 97.9 cm³/mol. The van der Waals surface area contributed by atoms with Gasteiger partial charge in [-0.05, 0) is 24.3 Å². The van der Waals surface area contributed by atoms with Gasteiger partial charge in [0.05, 0.1) is 23.4 Å². The largest absolute Gasteiger partial charge is 0.495 e. The summed E-state index contributed by atoms with van der Waals surface area (Å²) in [5.74, 6) is 0.280. The van der Waals surface area contributed by atoms with Crippen molar-refractivity contribution in [3.63, 3.8) is 0 Å². The highest BCUT2D eigenvalue weighted by molar-refractivity contribution is 6.32. The third-order valence-electron chi connectivity index (χ3n) is 3.80. The van der Waals surface area contributed by atoms with Crippen LogP contribution in [-0.4, -0.2) is 17.5 Å². The van der Waals surface area contributed by atoms with Gasteiger partial charge in [-0.15, -0.1) is 0 Å². The van der Waals surface area contributed by atoms with Crippen molar-refractivity contribution in [2.45, 2.75) is 0 Å². The second-order valence-electron chi connectivity index (χ2n) is 5.32. The Kier molecular flexibility index (Phi) is 4.59. The average Bonchev–Trinajstić information content (AvgIpc) is 2.62. The molecule has 25 heavy (non-hydrogen) atoms. The minimum atomic E-state index is -0.358. The first-order valence-corrected chi connectivity index (χ1v) is 7.86. The van der Waals surface area contributed by atoms with Gasteiger partial charge in [-0.25, -0.2) is 0 Å². The van der Waals surface area contributed by atoms with Gasteiger partial charge in [0.15, 0.2) is 5.78 Å².